The van der Waals surface area contributed by atoms with Gasteiger partial charge in [0.05, 0.1) is 16.5 Å². The molecule has 0 amide bonds. The van der Waals surface area contributed by atoms with Crippen LogP contribution in [0.5, 0.6) is 0 Å². The van der Waals surface area contributed by atoms with Crippen molar-refractivity contribution in [3.05, 3.63) is 85.9 Å². The number of carbonyl (C=O) groups excluding carboxylic acids is 1. The normalized spacial score (nSPS) is 20.1. The van der Waals surface area contributed by atoms with Crippen molar-refractivity contribution in [3.63, 3.8) is 0 Å². The minimum absolute atomic E-state index is 0.0147. The van der Waals surface area contributed by atoms with Crippen LogP contribution in [0, 0.1) is 12.3 Å². The molecule has 0 bridgehead atoms. The Morgan fingerprint density at radius 3 is 2.14 bits per heavy atom. The first-order chi connectivity index (χ1) is 13.8. The number of aryl methyl sites for hydroxylation is 1. The van der Waals surface area contributed by atoms with Crippen LogP contribution in [-0.2, 0) is 4.79 Å². The van der Waals surface area contributed by atoms with Gasteiger partial charge in [0.25, 0.3) is 11.1 Å². The molecule has 0 radical (unpaired) electrons. The van der Waals surface area contributed by atoms with Crippen molar-refractivity contribution < 1.29 is 4.79 Å². The second kappa shape index (κ2) is 5.89. The summed E-state index contributed by atoms with van der Waals surface area (Å²) in [5.74, 6) is 0.0147. The summed E-state index contributed by atoms with van der Waals surface area (Å²) in [6.07, 6.45) is 0.985. The number of carbonyl (C=O) groups is 1. The molecule has 1 aliphatic heterocycles. The van der Waals surface area contributed by atoms with Gasteiger partial charge < -0.3 is 0 Å². The highest BCUT2D eigenvalue weighted by Crippen LogP contribution is 2.46. The summed E-state index contributed by atoms with van der Waals surface area (Å²) < 4.78 is 2.97. The van der Waals surface area contributed by atoms with E-state index < -0.39 is 6.04 Å². The Balaban J connectivity index is 1.92. The molecule has 2 aliphatic rings. The van der Waals surface area contributed by atoms with Gasteiger partial charge in [-0.1, -0.05) is 55.8 Å². The number of fused-ring (bicyclic) bond motifs is 3. The van der Waals surface area contributed by atoms with Gasteiger partial charge in [-0.05, 0) is 36.5 Å². The molecule has 1 atom stereocenters. The summed E-state index contributed by atoms with van der Waals surface area (Å²) in [5.41, 5.74) is 2.45. The maximum Gasteiger partial charge on any atom is 0.277 e. The molecule has 2 aromatic carbocycles. The molecule has 146 valence electrons. The van der Waals surface area contributed by atoms with E-state index in [9.17, 15) is 14.4 Å². The first kappa shape index (κ1) is 17.9. The largest absolute Gasteiger partial charge is 0.294 e. The standard InChI is InChI=1S/C24H22N2O3/c1-14-8-10-15(11-9-14)21-20-18(12-24(2,3)13-19(20)27)25-22(28)16-6-4-5-7-17(16)23(29)26(21)25/h4-11,21H,12-13H2,1-3H3. The zero-order valence-electron chi connectivity index (χ0n) is 16.7. The van der Waals surface area contributed by atoms with Crippen LogP contribution >= 0.6 is 0 Å². The number of rotatable bonds is 1. The molecule has 0 fully saturated rings. The first-order valence-corrected chi connectivity index (χ1v) is 9.88. The van der Waals surface area contributed by atoms with Crippen LogP contribution < -0.4 is 11.1 Å². The van der Waals surface area contributed by atoms with Crippen LogP contribution in [0.3, 0.4) is 0 Å². The maximum absolute atomic E-state index is 13.5. The number of allylic oxidation sites excluding steroid dienone is 2. The molecule has 0 saturated heterocycles. The number of benzene rings is 2. The van der Waals surface area contributed by atoms with E-state index in [1.165, 1.54) is 9.36 Å². The number of ketones is 1. The highest BCUT2D eigenvalue weighted by molar-refractivity contribution is 6.04. The van der Waals surface area contributed by atoms with Crippen LogP contribution in [-0.4, -0.2) is 15.1 Å². The molecule has 3 aromatic rings. The fourth-order valence-corrected chi connectivity index (χ4v) is 4.75. The lowest BCUT2D eigenvalue weighted by molar-refractivity contribution is -0.118. The Kier molecular flexibility index (Phi) is 3.63. The van der Waals surface area contributed by atoms with Gasteiger partial charge in [-0.2, -0.15) is 0 Å². The van der Waals surface area contributed by atoms with Gasteiger partial charge in [0, 0.05) is 12.0 Å². The first-order valence-electron chi connectivity index (χ1n) is 9.88. The minimum Gasteiger partial charge on any atom is -0.294 e. The van der Waals surface area contributed by atoms with Gasteiger partial charge in [0.15, 0.2) is 5.78 Å². The van der Waals surface area contributed by atoms with E-state index in [4.69, 9.17) is 0 Å². The van der Waals surface area contributed by atoms with E-state index in [1.807, 2.05) is 45.0 Å². The predicted molar refractivity (Wildman–Crippen MR) is 113 cm³/mol. The lowest BCUT2D eigenvalue weighted by Gasteiger charge is -2.30. The molecule has 29 heavy (non-hydrogen) atoms. The minimum atomic E-state index is -0.570. The third-order valence-corrected chi connectivity index (χ3v) is 6.07. The van der Waals surface area contributed by atoms with E-state index in [-0.39, 0.29) is 22.3 Å². The van der Waals surface area contributed by atoms with E-state index in [1.54, 1.807) is 24.3 Å². The fraction of sp³-hybridized carbons (Fsp3) is 0.292. The third kappa shape index (κ3) is 2.50. The maximum atomic E-state index is 13.5. The van der Waals surface area contributed by atoms with Crippen LogP contribution in [0.1, 0.15) is 43.9 Å². The van der Waals surface area contributed by atoms with Crippen molar-refractivity contribution >= 4 is 22.3 Å². The van der Waals surface area contributed by atoms with Gasteiger partial charge >= 0.3 is 0 Å². The number of hydrogen-bond acceptors (Lipinski definition) is 3. The van der Waals surface area contributed by atoms with Crippen molar-refractivity contribution in [2.75, 3.05) is 0 Å². The van der Waals surface area contributed by atoms with E-state index in [0.29, 0.717) is 34.9 Å². The Morgan fingerprint density at radius 2 is 1.48 bits per heavy atom. The van der Waals surface area contributed by atoms with Crippen LogP contribution in [0.15, 0.2) is 63.7 Å². The van der Waals surface area contributed by atoms with Crippen LogP contribution in [0.4, 0.5) is 0 Å². The number of Topliss-reactive ketones (excluding diaryl/α,β-unsaturated/α-hetero) is 1. The average Bonchev–Trinajstić information content (AvgIpc) is 3.01. The van der Waals surface area contributed by atoms with Crippen molar-refractivity contribution in [2.45, 2.75) is 39.7 Å². The van der Waals surface area contributed by atoms with Crippen LogP contribution in [0.25, 0.3) is 16.5 Å². The van der Waals surface area contributed by atoms with Gasteiger partial charge in [-0.3, -0.25) is 14.4 Å². The highest BCUT2D eigenvalue weighted by Gasteiger charge is 2.44. The molecule has 5 heteroatoms. The van der Waals surface area contributed by atoms with E-state index >= 15 is 0 Å². The van der Waals surface area contributed by atoms with Crippen molar-refractivity contribution in [1.29, 1.82) is 0 Å². The number of aromatic nitrogens is 2. The monoisotopic (exact) mass is 386 g/mol. The van der Waals surface area contributed by atoms with Gasteiger partial charge in [0.2, 0.25) is 0 Å². The quantitative estimate of drug-likeness (QED) is 0.641. The molecule has 0 saturated carbocycles. The summed E-state index contributed by atoms with van der Waals surface area (Å²) in [6, 6.07) is 14.2. The molecule has 1 aliphatic carbocycles. The SMILES string of the molecule is Cc1ccc(C2C3=C(CC(C)(C)CC3=O)n3c(=O)c4ccccc4c(=O)n32)cc1. The second-order valence-electron chi connectivity index (χ2n) is 8.93. The molecule has 1 aromatic heterocycles. The predicted octanol–water partition coefficient (Wildman–Crippen LogP) is 3.67. The lowest BCUT2D eigenvalue weighted by atomic mass is 9.74. The number of hydrogen-bond donors (Lipinski definition) is 0. The fourth-order valence-electron chi connectivity index (χ4n) is 4.75. The summed E-state index contributed by atoms with van der Waals surface area (Å²) in [6.45, 7) is 6.06. The molecule has 2 heterocycles. The molecule has 0 N–H and O–H groups in total. The summed E-state index contributed by atoms with van der Waals surface area (Å²) >= 11 is 0. The number of nitrogens with zero attached hydrogens (tertiary/aromatic N) is 2. The average molecular weight is 386 g/mol. The summed E-state index contributed by atoms with van der Waals surface area (Å²) in [5, 5.41) is 0.776. The van der Waals surface area contributed by atoms with Crippen molar-refractivity contribution in [3.8, 4) is 0 Å². The Labute approximate surface area is 167 Å². The smallest absolute Gasteiger partial charge is 0.277 e. The molecule has 5 nitrogen and oxygen atoms in total. The van der Waals surface area contributed by atoms with Gasteiger partial charge in [0.1, 0.15) is 6.04 Å². The lowest BCUT2D eigenvalue weighted by Crippen LogP contribution is -2.37. The van der Waals surface area contributed by atoms with Crippen molar-refractivity contribution in [1.82, 2.24) is 9.36 Å². The summed E-state index contributed by atoms with van der Waals surface area (Å²) in [7, 11) is 0. The second-order valence-corrected chi connectivity index (χ2v) is 8.93. The molecular weight excluding hydrogens is 364 g/mol. The van der Waals surface area contributed by atoms with E-state index in [0.717, 1.165) is 11.1 Å². The zero-order valence-corrected chi connectivity index (χ0v) is 16.7. The topological polar surface area (TPSA) is 61.1 Å². The third-order valence-electron chi connectivity index (χ3n) is 6.07. The Hall–Kier alpha value is -3.21. The Morgan fingerprint density at radius 1 is 0.862 bits per heavy atom. The molecule has 0 spiro atoms. The molecule has 1 unspecified atom stereocenters. The molecule has 5 rings (SSSR count). The van der Waals surface area contributed by atoms with Gasteiger partial charge in [-0.15, -0.1) is 0 Å². The van der Waals surface area contributed by atoms with Crippen LogP contribution in [0.2, 0.25) is 0 Å². The zero-order chi connectivity index (χ0) is 20.5. The Bertz CT molecular complexity index is 1340. The van der Waals surface area contributed by atoms with E-state index in [2.05, 4.69) is 0 Å². The van der Waals surface area contributed by atoms with Crippen molar-refractivity contribution in [2.24, 2.45) is 5.41 Å². The summed E-state index contributed by atoms with van der Waals surface area (Å²) in [4.78, 5) is 40.2. The van der Waals surface area contributed by atoms with Gasteiger partial charge in [-0.25, -0.2) is 9.36 Å². The molecular formula is C24H22N2O3. The highest BCUT2D eigenvalue weighted by atomic mass is 16.2.